The van der Waals surface area contributed by atoms with Crippen molar-refractivity contribution in [1.82, 2.24) is 10.6 Å². The van der Waals surface area contributed by atoms with Crippen molar-refractivity contribution in [3.8, 4) is 0 Å². The van der Waals surface area contributed by atoms with Gasteiger partial charge in [-0.05, 0) is 18.9 Å². The molecule has 1 aliphatic rings. The maximum Gasteiger partial charge on any atom is 0.315 e. The molecule has 0 saturated carbocycles. The summed E-state index contributed by atoms with van der Waals surface area (Å²) in [6, 6.07) is 7.27. The van der Waals surface area contributed by atoms with Crippen LogP contribution >= 0.6 is 0 Å². The van der Waals surface area contributed by atoms with Crippen LogP contribution in [-0.4, -0.2) is 42.9 Å². The highest BCUT2D eigenvalue weighted by Gasteiger charge is 2.34. The van der Waals surface area contributed by atoms with Crippen molar-refractivity contribution in [3.05, 3.63) is 35.4 Å². The zero-order valence-electron chi connectivity index (χ0n) is 12.0. The quantitative estimate of drug-likeness (QED) is 0.753. The van der Waals surface area contributed by atoms with Gasteiger partial charge >= 0.3 is 12.0 Å². The maximum atomic E-state index is 11.8. The number of carbonyl (C=O) groups excluding carboxylic acids is 1. The number of hydrogen-bond donors (Lipinski definition) is 3. The molecule has 21 heavy (non-hydrogen) atoms. The van der Waals surface area contributed by atoms with Crippen LogP contribution in [0.4, 0.5) is 4.79 Å². The average molecular weight is 292 g/mol. The maximum absolute atomic E-state index is 11.8. The van der Waals surface area contributed by atoms with Crippen molar-refractivity contribution in [2.45, 2.75) is 19.4 Å². The summed E-state index contributed by atoms with van der Waals surface area (Å²) in [7, 11) is 0. The lowest BCUT2D eigenvalue weighted by Gasteiger charge is -2.16. The molecule has 0 aromatic heterocycles. The molecule has 114 valence electrons. The fraction of sp³-hybridized carbons (Fsp3) is 0.467. The number of hydrogen-bond acceptors (Lipinski definition) is 3. The number of aryl methyl sites for hydroxylation is 1. The second kappa shape index (κ2) is 7.08. The van der Waals surface area contributed by atoms with Crippen molar-refractivity contribution in [1.29, 1.82) is 0 Å². The standard InChI is InChI=1S/C15H20N2O4/c1-10-3-2-4-11(7-10)5-6-16-15(20)17-13-9-21-8-12(13)14(18)19/h2-4,7,12-13H,5-6,8-9H2,1H3,(H,18,19)(H2,16,17,20). The molecule has 6 nitrogen and oxygen atoms in total. The highest BCUT2D eigenvalue weighted by atomic mass is 16.5. The van der Waals surface area contributed by atoms with E-state index in [-0.39, 0.29) is 19.2 Å². The zero-order valence-corrected chi connectivity index (χ0v) is 12.0. The Morgan fingerprint density at radius 3 is 2.90 bits per heavy atom. The predicted octanol–water partition coefficient (Wildman–Crippen LogP) is 0.936. The van der Waals surface area contributed by atoms with Gasteiger partial charge in [-0.2, -0.15) is 0 Å². The molecule has 1 aromatic carbocycles. The molecule has 2 amide bonds. The van der Waals surface area contributed by atoms with Gasteiger partial charge in [0.2, 0.25) is 0 Å². The fourth-order valence-electron chi connectivity index (χ4n) is 2.35. The number of carboxylic acid groups (broad SMARTS) is 1. The Bertz CT molecular complexity index is 518. The normalized spacial score (nSPS) is 21.0. The molecule has 6 heteroatoms. The van der Waals surface area contributed by atoms with Gasteiger partial charge in [-0.15, -0.1) is 0 Å². The largest absolute Gasteiger partial charge is 0.481 e. The lowest BCUT2D eigenvalue weighted by Crippen LogP contribution is -2.47. The Labute approximate surface area is 123 Å². The molecular weight excluding hydrogens is 272 g/mol. The van der Waals surface area contributed by atoms with Gasteiger partial charge in [0.1, 0.15) is 5.92 Å². The second-order valence-electron chi connectivity index (χ2n) is 5.23. The topological polar surface area (TPSA) is 87.7 Å². The molecule has 0 radical (unpaired) electrons. The highest BCUT2D eigenvalue weighted by Crippen LogP contribution is 2.13. The Hall–Kier alpha value is -2.08. The number of nitrogens with one attached hydrogen (secondary N) is 2. The monoisotopic (exact) mass is 292 g/mol. The van der Waals surface area contributed by atoms with Crippen LogP contribution in [0.1, 0.15) is 11.1 Å². The number of benzene rings is 1. The van der Waals surface area contributed by atoms with Crippen LogP contribution in [0.15, 0.2) is 24.3 Å². The van der Waals surface area contributed by atoms with Crippen molar-refractivity contribution in [2.24, 2.45) is 5.92 Å². The van der Waals surface area contributed by atoms with E-state index in [2.05, 4.69) is 16.7 Å². The van der Waals surface area contributed by atoms with Gasteiger partial charge in [-0.3, -0.25) is 4.79 Å². The number of amides is 2. The van der Waals surface area contributed by atoms with E-state index in [0.717, 1.165) is 12.0 Å². The number of carboxylic acids is 1. The minimum atomic E-state index is -0.947. The van der Waals surface area contributed by atoms with Gasteiger partial charge in [0, 0.05) is 6.54 Å². The molecule has 0 spiro atoms. The summed E-state index contributed by atoms with van der Waals surface area (Å²) in [6.07, 6.45) is 0.735. The van der Waals surface area contributed by atoms with E-state index in [9.17, 15) is 9.59 Å². The van der Waals surface area contributed by atoms with Crippen molar-refractivity contribution in [2.75, 3.05) is 19.8 Å². The van der Waals surface area contributed by atoms with Gasteiger partial charge < -0.3 is 20.5 Å². The Balaban J connectivity index is 1.74. The molecule has 3 N–H and O–H groups in total. The van der Waals surface area contributed by atoms with Gasteiger partial charge in [0.05, 0.1) is 19.3 Å². The van der Waals surface area contributed by atoms with E-state index >= 15 is 0 Å². The summed E-state index contributed by atoms with van der Waals surface area (Å²) in [5.41, 5.74) is 2.34. The third-order valence-corrected chi connectivity index (χ3v) is 3.50. The first-order valence-corrected chi connectivity index (χ1v) is 6.96. The number of urea groups is 1. The average Bonchev–Trinajstić information content (AvgIpc) is 2.87. The first-order valence-electron chi connectivity index (χ1n) is 6.96. The van der Waals surface area contributed by atoms with Crippen LogP contribution in [0.2, 0.25) is 0 Å². The highest BCUT2D eigenvalue weighted by molar-refractivity contribution is 5.77. The van der Waals surface area contributed by atoms with Gasteiger partial charge in [0.15, 0.2) is 0 Å². The van der Waals surface area contributed by atoms with Crippen LogP contribution in [0.25, 0.3) is 0 Å². The first-order chi connectivity index (χ1) is 10.1. The molecule has 1 saturated heterocycles. The molecule has 0 bridgehead atoms. The third kappa shape index (κ3) is 4.46. The molecule has 1 aliphatic heterocycles. The molecule has 2 unspecified atom stereocenters. The van der Waals surface area contributed by atoms with Crippen LogP contribution in [0.3, 0.4) is 0 Å². The fourth-order valence-corrected chi connectivity index (χ4v) is 2.35. The number of rotatable bonds is 5. The number of aliphatic carboxylic acids is 1. The van der Waals surface area contributed by atoms with E-state index in [0.29, 0.717) is 6.54 Å². The summed E-state index contributed by atoms with van der Waals surface area (Å²) >= 11 is 0. The Morgan fingerprint density at radius 2 is 2.19 bits per heavy atom. The van der Waals surface area contributed by atoms with Crippen molar-refractivity contribution < 1.29 is 19.4 Å². The lowest BCUT2D eigenvalue weighted by atomic mass is 10.0. The van der Waals surface area contributed by atoms with Gasteiger partial charge in [-0.1, -0.05) is 29.8 Å². The van der Waals surface area contributed by atoms with E-state index in [1.807, 2.05) is 25.1 Å². The molecule has 2 rings (SSSR count). The lowest BCUT2D eigenvalue weighted by molar-refractivity contribution is -0.142. The summed E-state index contributed by atoms with van der Waals surface area (Å²) in [4.78, 5) is 22.7. The summed E-state index contributed by atoms with van der Waals surface area (Å²) in [6.45, 7) is 2.90. The molecule has 1 heterocycles. The molecule has 1 aromatic rings. The molecule has 2 atom stereocenters. The predicted molar refractivity (Wildman–Crippen MR) is 77.2 cm³/mol. The van der Waals surface area contributed by atoms with Gasteiger partial charge in [0.25, 0.3) is 0 Å². The Kier molecular flexibility index (Phi) is 5.16. The van der Waals surface area contributed by atoms with Crippen LogP contribution in [-0.2, 0) is 16.0 Å². The minimum Gasteiger partial charge on any atom is -0.481 e. The van der Waals surface area contributed by atoms with E-state index in [1.54, 1.807) is 0 Å². The zero-order chi connectivity index (χ0) is 15.2. The second-order valence-corrected chi connectivity index (χ2v) is 5.23. The first kappa shape index (κ1) is 15.3. The summed E-state index contributed by atoms with van der Waals surface area (Å²) < 4.78 is 5.10. The number of carbonyl (C=O) groups is 2. The third-order valence-electron chi connectivity index (χ3n) is 3.50. The Morgan fingerprint density at radius 1 is 1.38 bits per heavy atom. The smallest absolute Gasteiger partial charge is 0.315 e. The van der Waals surface area contributed by atoms with Crippen LogP contribution in [0.5, 0.6) is 0 Å². The van der Waals surface area contributed by atoms with E-state index < -0.39 is 17.9 Å². The van der Waals surface area contributed by atoms with Crippen LogP contribution in [0, 0.1) is 12.8 Å². The van der Waals surface area contributed by atoms with E-state index in [4.69, 9.17) is 9.84 Å². The SMILES string of the molecule is Cc1cccc(CCNC(=O)NC2COCC2C(=O)O)c1. The summed E-state index contributed by atoms with van der Waals surface area (Å²) in [5.74, 6) is -1.62. The minimum absolute atomic E-state index is 0.142. The molecule has 0 aliphatic carbocycles. The number of ether oxygens (including phenoxy) is 1. The summed E-state index contributed by atoms with van der Waals surface area (Å²) in [5, 5.41) is 14.4. The van der Waals surface area contributed by atoms with Crippen molar-refractivity contribution in [3.63, 3.8) is 0 Å². The van der Waals surface area contributed by atoms with Gasteiger partial charge in [-0.25, -0.2) is 4.79 Å². The molecule has 1 fully saturated rings. The van der Waals surface area contributed by atoms with Crippen molar-refractivity contribution >= 4 is 12.0 Å². The van der Waals surface area contributed by atoms with Crippen LogP contribution < -0.4 is 10.6 Å². The van der Waals surface area contributed by atoms with E-state index in [1.165, 1.54) is 5.56 Å². The molecular formula is C15H20N2O4.